The molecule has 0 bridgehead atoms. The topological polar surface area (TPSA) is 110 Å². The minimum atomic E-state index is -4.14. The Bertz CT molecular complexity index is 1120. The highest BCUT2D eigenvalue weighted by Crippen LogP contribution is 2.31. The second kappa shape index (κ2) is 9.46. The Morgan fingerprint density at radius 3 is 2.52 bits per heavy atom. The molecule has 3 rings (SSSR count). The number of thioether (sulfide) groups is 1. The summed E-state index contributed by atoms with van der Waals surface area (Å²) in [6.07, 6.45) is 3.63. The van der Waals surface area contributed by atoms with Crippen molar-refractivity contribution in [1.82, 2.24) is 4.90 Å². The van der Waals surface area contributed by atoms with E-state index in [4.69, 9.17) is 11.6 Å². The minimum Gasteiger partial charge on any atom is -0.339 e. The van der Waals surface area contributed by atoms with Crippen molar-refractivity contribution >= 4 is 50.7 Å². The number of sulfonamides is 1. The Morgan fingerprint density at radius 1 is 1.23 bits per heavy atom. The number of nitrogens with one attached hydrogen (secondary N) is 1. The lowest BCUT2D eigenvalue weighted by Crippen LogP contribution is -2.38. The first-order chi connectivity index (χ1) is 14.6. The molecule has 8 nitrogen and oxygen atoms in total. The molecule has 31 heavy (non-hydrogen) atoms. The number of amides is 1. The van der Waals surface area contributed by atoms with E-state index in [0.29, 0.717) is 29.5 Å². The fourth-order valence-corrected chi connectivity index (χ4v) is 5.20. The summed E-state index contributed by atoms with van der Waals surface area (Å²) in [6.45, 7) is 3.41. The number of anilines is 1. The maximum atomic E-state index is 13.1. The van der Waals surface area contributed by atoms with Crippen LogP contribution in [0.5, 0.6) is 0 Å². The molecule has 0 aromatic heterocycles. The molecule has 1 aliphatic rings. The molecule has 1 amide bonds. The molecular weight excluding hydrogens is 462 g/mol. The SMILES string of the molecule is CSc1ccc(S(=O)(=O)Nc2cc([N+](=O)[O-])ccc2Cl)cc1C(=O)N1CCC(C)CC1. The monoisotopic (exact) mass is 483 g/mol. The molecule has 0 aliphatic carbocycles. The highest BCUT2D eigenvalue weighted by atomic mass is 35.5. The van der Waals surface area contributed by atoms with Crippen LogP contribution >= 0.6 is 23.4 Å². The van der Waals surface area contributed by atoms with Gasteiger partial charge in [-0.05, 0) is 49.3 Å². The number of carbonyl (C=O) groups excluding carboxylic acids is 1. The van der Waals surface area contributed by atoms with Gasteiger partial charge in [-0.1, -0.05) is 18.5 Å². The maximum Gasteiger partial charge on any atom is 0.271 e. The first-order valence-corrected chi connectivity index (χ1v) is 12.6. The van der Waals surface area contributed by atoms with Gasteiger partial charge in [-0.15, -0.1) is 11.8 Å². The van der Waals surface area contributed by atoms with Crippen LogP contribution in [0.4, 0.5) is 11.4 Å². The number of nitro benzene ring substituents is 1. The van der Waals surface area contributed by atoms with Gasteiger partial charge in [0.25, 0.3) is 21.6 Å². The molecule has 11 heteroatoms. The molecule has 0 spiro atoms. The van der Waals surface area contributed by atoms with Crippen LogP contribution in [0, 0.1) is 16.0 Å². The number of likely N-dealkylation sites (tertiary alicyclic amines) is 1. The number of carbonyl (C=O) groups is 1. The summed E-state index contributed by atoms with van der Waals surface area (Å²) in [4.78, 5) is 25.8. The van der Waals surface area contributed by atoms with E-state index in [0.717, 1.165) is 18.9 Å². The zero-order valence-electron chi connectivity index (χ0n) is 17.0. The smallest absolute Gasteiger partial charge is 0.271 e. The van der Waals surface area contributed by atoms with Crippen LogP contribution in [0.25, 0.3) is 0 Å². The number of non-ortho nitro benzene ring substituents is 1. The summed E-state index contributed by atoms with van der Waals surface area (Å²) in [5, 5.41) is 11.0. The average molecular weight is 484 g/mol. The number of piperidine rings is 1. The summed E-state index contributed by atoms with van der Waals surface area (Å²) in [5.41, 5.74) is -0.0900. The molecule has 2 aromatic rings. The molecule has 1 heterocycles. The van der Waals surface area contributed by atoms with Crippen LogP contribution in [-0.2, 0) is 10.0 Å². The van der Waals surface area contributed by atoms with Crippen LogP contribution in [0.2, 0.25) is 5.02 Å². The van der Waals surface area contributed by atoms with E-state index in [9.17, 15) is 23.3 Å². The van der Waals surface area contributed by atoms with Gasteiger partial charge in [0, 0.05) is 30.1 Å². The summed E-state index contributed by atoms with van der Waals surface area (Å²) < 4.78 is 28.2. The summed E-state index contributed by atoms with van der Waals surface area (Å²) in [7, 11) is -4.14. The van der Waals surface area contributed by atoms with Crippen molar-refractivity contribution in [2.75, 3.05) is 24.1 Å². The Labute approximate surface area is 190 Å². The van der Waals surface area contributed by atoms with Crippen molar-refractivity contribution in [3.8, 4) is 0 Å². The van der Waals surface area contributed by atoms with Crippen molar-refractivity contribution < 1.29 is 18.1 Å². The minimum absolute atomic E-state index is 0.0219. The first-order valence-electron chi connectivity index (χ1n) is 9.56. The number of rotatable bonds is 6. The van der Waals surface area contributed by atoms with Gasteiger partial charge in [0.15, 0.2) is 0 Å². The highest BCUT2D eigenvalue weighted by Gasteiger charge is 2.26. The van der Waals surface area contributed by atoms with Gasteiger partial charge >= 0.3 is 0 Å². The fourth-order valence-electron chi connectivity index (χ4n) is 3.31. The normalized spacial score (nSPS) is 15.0. The average Bonchev–Trinajstić information content (AvgIpc) is 2.74. The number of nitro groups is 1. The van der Waals surface area contributed by atoms with Gasteiger partial charge in [0.2, 0.25) is 0 Å². The summed E-state index contributed by atoms with van der Waals surface area (Å²) >= 11 is 7.38. The molecule has 0 radical (unpaired) electrons. The zero-order valence-corrected chi connectivity index (χ0v) is 19.4. The first kappa shape index (κ1) is 23.4. The number of nitrogens with zero attached hydrogens (tertiary/aromatic N) is 2. The second-order valence-corrected chi connectivity index (χ2v) is 10.3. The number of hydrogen-bond acceptors (Lipinski definition) is 6. The van der Waals surface area contributed by atoms with Gasteiger partial charge in [-0.25, -0.2) is 8.42 Å². The Kier molecular flexibility index (Phi) is 7.13. The molecule has 0 saturated carbocycles. The van der Waals surface area contributed by atoms with Crippen molar-refractivity contribution in [2.24, 2.45) is 5.92 Å². The summed E-state index contributed by atoms with van der Waals surface area (Å²) in [5.74, 6) is 0.348. The van der Waals surface area contributed by atoms with Crippen LogP contribution in [-0.4, -0.2) is 43.5 Å². The largest absolute Gasteiger partial charge is 0.339 e. The van der Waals surface area contributed by atoms with E-state index in [1.54, 1.807) is 11.0 Å². The number of benzene rings is 2. The molecule has 1 fully saturated rings. The number of halogens is 1. The van der Waals surface area contributed by atoms with Gasteiger partial charge in [-0.2, -0.15) is 0 Å². The lowest BCUT2D eigenvalue weighted by Gasteiger charge is -2.30. The third kappa shape index (κ3) is 5.31. The molecular formula is C20H22ClN3O5S2. The summed E-state index contributed by atoms with van der Waals surface area (Å²) in [6, 6.07) is 7.82. The van der Waals surface area contributed by atoms with E-state index >= 15 is 0 Å². The Balaban J connectivity index is 1.94. The van der Waals surface area contributed by atoms with Gasteiger partial charge in [0.1, 0.15) is 0 Å². The maximum absolute atomic E-state index is 13.1. The Morgan fingerprint density at radius 2 is 1.90 bits per heavy atom. The predicted molar refractivity (Wildman–Crippen MR) is 121 cm³/mol. The third-order valence-electron chi connectivity index (χ3n) is 5.19. The van der Waals surface area contributed by atoms with Crippen molar-refractivity contribution in [2.45, 2.75) is 29.6 Å². The highest BCUT2D eigenvalue weighted by molar-refractivity contribution is 7.98. The standard InChI is InChI=1S/C20H22ClN3O5S2/c1-13-7-9-23(10-8-13)20(25)16-12-15(4-6-19(16)30-2)31(28,29)22-18-11-14(24(26)27)3-5-17(18)21/h3-6,11-13,22H,7-10H2,1-2H3. The van der Waals surface area contributed by atoms with Gasteiger partial charge in [0.05, 0.1) is 26.1 Å². The quantitative estimate of drug-likeness (QED) is 0.364. The van der Waals surface area contributed by atoms with Crippen LogP contribution in [0.1, 0.15) is 30.1 Å². The molecule has 1 N–H and O–H groups in total. The molecule has 1 aliphatic heterocycles. The van der Waals surface area contributed by atoms with Crippen molar-refractivity contribution in [1.29, 1.82) is 0 Å². The van der Waals surface area contributed by atoms with E-state index < -0.39 is 14.9 Å². The van der Waals surface area contributed by atoms with Crippen molar-refractivity contribution in [3.63, 3.8) is 0 Å². The van der Waals surface area contributed by atoms with Gasteiger partial charge < -0.3 is 4.90 Å². The molecule has 0 unspecified atom stereocenters. The lowest BCUT2D eigenvalue weighted by atomic mass is 9.98. The predicted octanol–water partition coefficient (Wildman–Crippen LogP) is 4.64. The molecule has 166 valence electrons. The fraction of sp³-hybridized carbons (Fsp3) is 0.350. The van der Waals surface area contributed by atoms with E-state index in [1.165, 1.54) is 36.0 Å². The lowest BCUT2D eigenvalue weighted by molar-refractivity contribution is -0.384. The van der Waals surface area contributed by atoms with Crippen molar-refractivity contribution in [3.05, 3.63) is 57.1 Å². The van der Waals surface area contributed by atoms with Crippen LogP contribution < -0.4 is 4.72 Å². The van der Waals surface area contributed by atoms with E-state index in [2.05, 4.69) is 11.6 Å². The molecule has 0 atom stereocenters. The Hall–Kier alpha value is -2.30. The molecule has 1 saturated heterocycles. The van der Waals surface area contributed by atoms with E-state index in [-0.39, 0.29) is 27.2 Å². The zero-order chi connectivity index (χ0) is 22.8. The van der Waals surface area contributed by atoms with E-state index in [1.807, 2.05) is 6.26 Å². The van der Waals surface area contributed by atoms with Gasteiger partial charge in [-0.3, -0.25) is 19.6 Å². The number of hydrogen-bond donors (Lipinski definition) is 1. The third-order valence-corrected chi connectivity index (χ3v) is 7.68. The molecule has 2 aromatic carbocycles. The van der Waals surface area contributed by atoms with Crippen LogP contribution in [0.3, 0.4) is 0 Å². The second-order valence-electron chi connectivity index (χ2n) is 7.36. The van der Waals surface area contributed by atoms with Crippen LogP contribution in [0.15, 0.2) is 46.2 Å².